The number of nitrogens with two attached hydrogens (primary N) is 1. The lowest BCUT2D eigenvalue weighted by Crippen LogP contribution is -2.30. The van der Waals surface area contributed by atoms with Gasteiger partial charge >= 0.3 is 0 Å². The highest BCUT2D eigenvalue weighted by Crippen LogP contribution is 2.54. The van der Waals surface area contributed by atoms with Crippen LogP contribution in [-0.4, -0.2) is 9.53 Å². The molecule has 0 saturated heterocycles. The number of benzene rings is 3. The van der Waals surface area contributed by atoms with Gasteiger partial charge in [0.1, 0.15) is 9.30 Å². The summed E-state index contributed by atoms with van der Waals surface area (Å²) in [6, 6.07) is 16.6. The minimum atomic E-state index is -0.444. The summed E-state index contributed by atoms with van der Waals surface area (Å²) in [7, 11) is 0. The van der Waals surface area contributed by atoms with Crippen molar-refractivity contribution in [1.29, 1.82) is 0 Å². The number of halogens is 3. The number of hydrogen-bond donors (Lipinski definition) is 2. The van der Waals surface area contributed by atoms with Crippen LogP contribution < -0.4 is 5.73 Å². The Morgan fingerprint density at radius 1 is 1.12 bits per heavy atom. The predicted octanol–water partition coefficient (Wildman–Crippen LogP) is 6.79. The highest BCUT2D eigenvalue weighted by atomic mass is 127. The van der Waals surface area contributed by atoms with Crippen molar-refractivity contribution in [3.05, 3.63) is 65.2 Å². The lowest BCUT2D eigenvalue weighted by atomic mass is 9.89. The molecule has 5 heteroatoms. The fourth-order valence-corrected chi connectivity index (χ4v) is 5.53. The van der Waals surface area contributed by atoms with Crippen molar-refractivity contribution in [3.8, 4) is 16.9 Å². The van der Waals surface area contributed by atoms with E-state index >= 15 is 0 Å². The molecule has 26 heavy (non-hydrogen) atoms. The molecule has 0 saturated carbocycles. The topological polar surface area (TPSA) is 46.2 Å². The highest BCUT2D eigenvalue weighted by Gasteiger charge is 2.32. The van der Waals surface area contributed by atoms with Crippen LogP contribution in [0.3, 0.4) is 0 Å². The van der Waals surface area contributed by atoms with Crippen molar-refractivity contribution in [2.75, 3.05) is 4.43 Å². The molecule has 4 rings (SSSR count). The van der Waals surface area contributed by atoms with E-state index in [1.807, 2.05) is 6.07 Å². The minimum absolute atomic E-state index is 0.312. The molecule has 2 nitrogen and oxygen atoms in total. The summed E-state index contributed by atoms with van der Waals surface area (Å²) in [5.41, 5.74) is 12.2. The summed E-state index contributed by atoms with van der Waals surface area (Å²) in [6.07, 6.45) is 0. The van der Waals surface area contributed by atoms with Crippen LogP contribution in [0.15, 0.2) is 48.5 Å². The van der Waals surface area contributed by atoms with Gasteiger partial charge in [-0.3, -0.25) is 0 Å². The number of aromatic hydroxyl groups is 1. The first kappa shape index (κ1) is 19.2. The molecular formula is C21H18I3NO. The zero-order valence-electron chi connectivity index (χ0n) is 14.1. The summed E-state index contributed by atoms with van der Waals surface area (Å²) in [6.45, 7) is 2.28. The summed E-state index contributed by atoms with van der Waals surface area (Å²) in [4.78, 5) is 0. The van der Waals surface area contributed by atoms with E-state index in [1.54, 1.807) is 6.07 Å². The van der Waals surface area contributed by atoms with E-state index in [2.05, 4.69) is 111 Å². The molecule has 3 aromatic carbocycles. The van der Waals surface area contributed by atoms with Crippen LogP contribution in [0.1, 0.15) is 33.5 Å². The third-order valence-corrected chi connectivity index (χ3v) is 10.7. The lowest BCUT2D eigenvalue weighted by molar-refractivity contribution is 0.477. The molecule has 0 bridgehead atoms. The Kier molecular flexibility index (Phi) is 5.20. The maximum atomic E-state index is 10.6. The first-order valence-electron chi connectivity index (χ1n) is 8.42. The molecule has 3 unspecified atom stereocenters. The number of hydrogen-bond acceptors (Lipinski definition) is 2. The van der Waals surface area contributed by atoms with Gasteiger partial charge in [0.05, 0.1) is 0 Å². The van der Waals surface area contributed by atoms with Crippen LogP contribution in [0.25, 0.3) is 21.9 Å². The third kappa shape index (κ3) is 2.97. The summed E-state index contributed by atoms with van der Waals surface area (Å²) in [5, 5.41) is 13.3. The number of phenolic OH excluding ortho intramolecular Hbond substituents is 1. The number of rotatable bonds is 3. The molecule has 1 aliphatic rings. The van der Waals surface area contributed by atoms with E-state index in [1.165, 1.54) is 21.9 Å². The second-order valence-corrected chi connectivity index (χ2v) is 10.9. The first-order chi connectivity index (χ1) is 12.3. The smallest absolute Gasteiger partial charge is 0.123 e. The van der Waals surface area contributed by atoms with E-state index in [9.17, 15) is 5.11 Å². The molecule has 0 amide bonds. The molecule has 0 fully saturated rings. The fraction of sp³-hybridized carbons (Fsp3) is 0.238. The maximum absolute atomic E-state index is 10.6. The zero-order chi connectivity index (χ0) is 18.6. The van der Waals surface area contributed by atoms with E-state index in [-0.39, 0.29) is 0 Å². The van der Waals surface area contributed by atoms with Gasteiger partial charge in [-0.1, -0.05) is 111 Å². The average Bonchev–Trinajstić information content (AvgIpc) is 2.90. The summed E-state index contributed by atoms with van der Waals surface area (Å²) in [5.74, 6) is 0.716. The Hall–Kier alpha value is -0.130. The Labute approximate surface area is 194 Å². The van der Waals surface area contributed by atoms with Crippen LogP contribution in [-0.2, 0) is 3.55 Å². The minimum Gasteiger partial charge on any atom is -0.507 e. The Morgan fingerprint density at radius 2 is 1.88 bits per heavy atom. The van der Waals surface area contributed by atoms with Gasteiger partial charge in [0.2, 0.25) is 0 Å². The van der Waals surface area contributed by atoms with E-state index in [4.69, 9.17) is 5.73 Å². The fourth-order valence-electron chi connectivity index (χ4n) is 3.88. The van der Waals surface area contributed by atoms with Crippen molar-refractivity contribution in [2.45, 2.75) is 20.3 Å². The van der Waals surface area contributed by atoms with Gasteiger partial charge in [-0.05, 0) is 51.1 Å². The molecule has 0 spiro atoms. The van der Waals surface area contributed by atoms with Gasteiger partial charge in [-0.15, -0.1) is 0 Å². The SMILES string of the molecule is CC1c2c(-c3cc(C(N)(I)CI)ccc3O)ccc3cccc(c23)C1I. The first-order valence-corrected chi connectivity index (χ1v) is 12.3. The van der Waals surface area contributed by atoms with Crippen LogP contribution >= 0.6 is 67.8 Å². The molecule has 0 aromatic heterocycles. The van der Waals surface area contributed by atoms with Crippen molar-refractivity contribution in [1.82, 2.24) is 0 Å². The van der Waals surface area contributed by atoms with Gasteiger partial charge in [0.15, 0.2) is 0 Å². The predicted molar refractivity (Wildman–Crippen MR) is 135 cm³/mol. The normalized spacial score (nSPS) is 21.1. The molecule has 3 N–H and O–H groups in total. The van der Waals surface area contributed by atoms with Crippen LogP contribution in [0.5, 0.6) is 5.75 Å². The van der Waals surface area contributed by atoms with Crippen molar-refractivity contribution in [3.63, 3.8) is 0 Å². The van der Waals surface area contributed by atoms with Crippen molar-refractivity contribution in [2.24, 2.45) is 5.73 Å². The third-order valence-electron chi connectivity index (χ3n) is 5.27. The molecule has 134 valence electrons. The summed E-state index contributed by atoms with van der Waals surface area (Å²) < 4.78 is 0.808. The highest BCUT2D eigenvalue weighted by molar-refractivity contribution is 14.1. The van der Waals surface area contributed by atoms with Crippen LogP contribution in [0.4, 0.5) is 0 Å². The largest absolute Gasteiger partial charge is 0.507 e. The van der Waals surface area contributed by atoms with E-state index in [0.29, 0.717) is 15.6 Å². The monoisotopic (exact) mass is 681 g/mol. The second kappa shape index (κ2) is 7.04. The Balaban J connectivity index is 2.00. The molecule has 0 heterocycles. The average molecular weight is 681 g/mol. The number of phenols is 1. The Morgan fingerprint density at radius 3 is 2.62 bits per heavy atom. The van der Waals surface area contributed by atoms with Crippen LogP contribution in [0.2, 0.25) is 0 Å². The molecule has 0 radical (unpaired) electrons. The van der Waals surface area contributed by atoms with Gasteiger partial charge in [-0.25, -0.2) is 0 Å². The summed E-state index contributed by atoms with van der Waals surface area (Å²) >= 11 is 7.15. The Bertz CT molecular complexity index is 1020. The van der Waals surface area contributed by atoms with Gasteiger partial charge in [0, 0.05) is 13.9 Å². The lowest BCUT2D eigenvalue weighted by Gasteiger charge is -2.22. The second-order valence-electron chi connectivity index (χ2n) is 6.89. The van der Waals surface area contributed by atoms with Gasteiger partial charge in [0.25, 0.3) is 0 Å². The quantitative estimate of drug-likeness (QED) is 0.182. The molecule has 0 aliphatic heterocycles. The molecule has 3 aromatic rings. The van der Waals surface area contributed by atoms with Crippen molar-refractivity contribution < 1.29 is 5.11 Å². The molecule has 3 atom stereocenters. The van der Waals surface area contributed by atoms with E-state index in [0.717, 1.165) is 21.1 Å². The van der Waals surface area contributed by atoms with Gasteiger partial charge < -0.3 is 10.8 Å². The van der Waals surface area contributed by atoms with Gasteiger partial charge in [-0.2, -0.15) is 0 Å². The van der Waals surface area contributed by atoms with Crippen LogP contribution in [0, 0.1) is 0 Å². The maximum Gasteiger partial charge on any atom is 0.123 e. The van der Waals surface area contributed by atoms with E-state index < -0.39 is 3.55 Å². The standard InChI is InChI=1S/C21H18I3NO/c1-11-18-14(7-5-12-3-2-4-15(19(12)18)20(11)23)16-9-13(6-8-17(16)26)21(24,25)10-22/h2-9,11,20,26H,10,25H2,1H3. The molecule has 1 aliphatic carbocycles. The number of alkyl halides is 3. The van der Waals surface area contributed by atoms with Crippen molar-refractivity contribution >= 4 is 78.5 Å². The molecular weight excluding hydrogens is 663 g/mol. The zero-order valence-corrected chi connectivity index (χ0v) is 20.6.